The second kappa shape index (κ2) is 33.0. The highest BCUT2D eigenvalue weighted by molar-refractivity contribution is 5.13. The zero-order chi connectivity index (χ0) is 30.0. The van der Waals surface area contributed by atoms with Crippen molar-refractivity contribution >= 4 is 0 Å². The molecule has 3 nitrogen and oxygen atoms in total. The van der Waals surface area contributed by atoms with E-state index in [1.165, 1.54) is 160 Å². The SMILES string of the molecule is CCCCCCCCCCCCCCOCC(COCCCCCCCCCCCCCC)COCc1ccccc1. The van der Waals surface area contributed by atoms with E-state index in [1.807, 2.05) is 0 Å². The van der Waals surface area contributed by atoms with Gasteiger partial charge in [-0.25, -0.2) is 0 Å². The first-order chi connectivity index (χ1) is 20.9. The number of ether oxygens (including phenoxy) is 3. The van der Waals surface area contributed by atoms with E-state index in [9.17, 15) is 0 Å². The summed E-state index contributed by atoms with van der Waals surface area (Å²) in [5.41, 5.74) is 1.23. The average Bonchev–Trinajstić information content (AvgIpc) is 3.01. The fourth-order valence-corrected chi connectivity index (χ4v) is 5.65. The molecule has 1 rings (SSSR count). The lowest BCUT2D eigenvalue weighted by Gasteiger charge is -2.18. The molecular formula is C39H72O3. The van der Waals surface area contributed by atoms with Crippen molar-refractivity contribution in [2.75, 3.05) is 33.0 Å². The first kappa shape index (κ1) is 39.1. The Bertz CT molecular complexity index is 587. The van der Waals surface area contributed by atoms with Crippen molar-refractivity contribution in [3.05, 3.63) is 35.9 Å². The predicted octanol–water partition coefficient (Wildman–Crippen LogP) is 12.3. The standard InChI is InChI=1S/C39H72O3/c1-3-5-7-9-11-13-15-17-19-21-23-28-32-40-35-39(37-42-34-38-30-26-25-27-31-38)36-41-33-29-24-22-20-18-16-14-12-10-8-6-4-2/h25-27,30-31,39H,3-24,28-29,32-37H2,1-2H3. The molecule has 1 aromatic carbocycles. The Morgan fingerprint density at radius 2 is 0.738 bits per heavy atom. The van der Waals surface area contributed by atoms with Gasteiger partial charge >= 0.3 is 0 Å². The van der Waals surface area contributed by atoms with Gasteiger partial charge < -0.3 is 14.2 Å². The molecule has 0 saturated heterocycles. The van der Waals surface area contributed by atoms with Crippen LogP contribution in [0.25, 0.3) is 0 Å². The Kier molecular flexibility index (Phi) is 30.7. The molecule has 0 saturated carbocycles. The molecule has 0 bridgehead atoms. The zero-order valence-corrected chi connectivity index (χ0v) is 28.4. The lowest BCUT2D eigenvalue weighted by atomic mass is 10.1. The van der Waals surface area contributed by atoms with E-state index in [1.54, 1.807) is 0 Å². The van der Waals surface area contributed by atoms with Gasteiger partial charge in [-0.05, 0) is 18.4 Å². The molecule has 0 spiro atoms. The van der Waals surface area contributed by atoms with Crippen molar-refractivity contribution in [3.8, 4) is 0 Å². The molecule has 0 amide bonds. The van der Waals surface area contributed by atoms with Crippen LogP contribution < -0.4 is 0 Å². The van der Waals surface area contributed by atoms with E-state index in [4.69, 9.17) is 14.2 Å². The van der Waals surface area contributed by atoms with E-state index in [0.29, 0.717) is 19.1 Å². The molecule has 0 N–H and O–H groups in total. The van der Waals surface area contributed by atoms with Gasteiger partial charge in [-0.2, -0.15) is 0 Å². The topological polar surface area (TPSA) is 27.7 Å². The monoisotopic (exact) mass is 589 g/mol. The van der Waals surface area contributed by atoms with Gasteiger partial charge in [0.25, 0.3) is 0 Å². The first-order valence-corrected chi connectivity index (χ1v) is 18.6. The van der Waals surface area contributed by atoms with Gasteiger partial charge in [0.05, 0.1) is 26.4 Å². The molecule has 0 heterocycles. The van der Waals surface area contributed by atoms with Gasteiger partial charge in [-0.1, -0.05) is 185 Å². The van der Waals surface area contributed by atoms with Gasteiger partial charge in [-0.3, -0.25) is 0 Å². The second-order valence-corrected chi connectivity index (χ2v) is 12.8. The Labute approximate surface area is 263 Å². The molecule has 0 fully saturated rings. The molecule has 42 heavy (non-hydrogen) atoms. The number of benzene rings is 1. The fourth-order valence-electron chi connectivity index (χ4n) is 5.65. The van der Waals surface area contributed by atoms with Crippen molar-refractivity contribution in [2.45, 2.75) is 175 Å². The summed E-state index contributed by atoms with van der Waals surface area (Å²) in [5, 5.41) is 0. The van der Waals surface area contributed by atoms with Gasteiger partial charge in [0.15, 0.2) is 0 Å². The fraction of sp³-hybridized carbons (Fsp3) is 0.846. The van der Waals surface area contributed by atoms with Crippen LogP contribution in [-0.4, -0.2) is 33.0 Å². The van der Waals surface area contributed by atoms with Gasteiger partial charge in [0.1, 0.15) is 0 Å². The molecule has 0 atom stereocenters. The van der Waals surface area contributed by atoms with Crippen LogP contribution in [0.5, 0.6) is 0 Å². The Morgan fingerprint density at radius 1 is 0.405 bits per heavy atom. The van der Waals surface area contributed by atoms with Crippen LogP contribution in [0.15, 0.2) is 30.3 Å². The molecule has 0 aliphatic rings. The Hall–Kier alpha value is -0.900. The molecule has 0 radical (unpaired) electrons. The minimum Gasteiger partial charge on any atom is -0.381 e. The molecule has 0 aliphatic heterocycles. The highest BCUT2D eigenvalue weighted by Crippen LogP contribution is 2.14. The van der Waals surface area contributed by atoms with Crippen molar-refractivity contribution in [2.24, 2.45) is 5.92 Å². The smallest absolute Gasteiger partial charge is 0.0717 e. The van der Waals surface area contributed by atoms with E-state index >= 15 is 0 Å². The van der Waals surface area contributed by atoms with E-state index in [0.717, 1.165) is 26.4 Å². The molecule has 0 unspecified atom stereocenters. The van der Waals surface area contributed by atoms with Crippen LogP contribution in [0.2, 0.25) is 0 Å². The predicted molar refractivity (Wildman–Crippen MR) is 183 cm³/mol. The molecule has 3 heteroatoms. The molecular weight excluding hydrogens is 516 g/mol. The maximum absolute atomic E-state index is 6.10. The summed E-state index contributed by atoms with van der Waals surface area (Å²) in [6.45, 7) is 9.16. The van der Waals surface area contributed by atoms with Crippen molar-refractivity contribution in [1.82, 2.24) is 0 Å². The highest BCUT2D eigenvalue weighted by atomic mass is 16.5. The minimum absolute atomic E-state index is 0.309. The van der Waals surface area contributed by atoms with Crippen LogP contribution >= 0.6 is 0 Å². The quantitative estimate of drug-likeness (QED) is 0.0749. The van der Waals surface area contributed by atoms with Crippen LogP contribution in [0.4, 0.5) is 0 Å². The van der Waals surface area contributed by atoms with Crippen LogP contribution in [-0.2, 0) is 20.8 Å². The van der Waals surface area contributed by atoms with Crippen LogP contribution in [0, 0.1) is 5.92 Å². The number of rotatable bonds is 34. The summed E-state index contributed by atoms with van der Waals surface area (Å²) in [5.74, 6) is 0.309. The van der Waals surface area contributed by atoms with Crippen LogP contribution in [0.3, 0.4) is 0 Å². The summed E-state index contributed by atoms with van der Waals surface area (Å²) in [6.07, 6.45) is 33.1. The molecule has 246 valence electrons. The van der Waals surface area contributed by atoms with Gasteiger partial charge in [-0.15, -0.1) is 0 Å². The lowest BCUT2D eigenvalue weighted by Crippen LogP contribution is -2.22. The third-order valence-electron chi connectivity index (χ3n) is 8.46. The molecule has 0 aromatic heterocycles. The maximum atomic E-state index is 6.10. The Morgan fingerprint density at radius 3 is 1.12 bits per heavy atom. The number of hydrogen-bond acceptors (Lipinski definition) is 3. The summed E-state index contributed by atoms with van der Waals surface area (Å²) in [4.78, 5) is 0. The summed E-state index contributed by atoms with van der Waals surface area (Å²) in [6, 6.07) is 10.5. The van der Waals surface area contributed by atoms with Gasteiger partial charge in [0, 0.05) is 19.1 Å². The zero-order valence-electron chi connectivity index (χ0n) is 28.4. The number of hydrogen-bond donors (Lipinski definition) is 0. The molecule has 0 aliphatic carbocycles. The van der Waals surface area contributed by atoms with E-state index in [2.05, 4.69) is 44.2 Å². The second-order valence-electron chi connectivity index (χ2n) is 12.8. The van der Waals surface area contributed by atoms with Crippen molar-refractivity contribution < 1.29 is 14.2 Å². The normalized spacial score (nSPS) is 11.6. The first-order valence-electron chi connectivity index (χ1n) is 18.6. The maximum Gasteiger partial charge on any atom is 0.0717 e. The van der Waals surface area contributed by atoms with E-state index < -0.39 is 0 Å². The molecule has 1 aromatic rings. The van der Waals surface area contributed by atoms with E-state index in [-0.39, 0.29) is 0 Å². The van der Waals surface area contributed by atoms with Crippen molar-refractivity contribution in [3.63, 3.8) is 0 Å². The van der Waals surface area contributed by atoms with Gasteiger partial charge in [0.2, 0.25) is 0 Å². The third kappa shape index (κ3) is 27.9. The van der Waals surface area contributed by atoms with Crippen molar-refractivity contribution in [1.29, 1.82) is 0 Å². The third-order valence-corrected chi connectivity index (χ3v) is 8.46. The minimum atomic E-state index is 0.309. The highest BCUT2D eigenvalue weighted by Gasteiger charge is 2.11. The Balaban J connectivity index is 2.05. The summed E-state index contributed by atoms with van der Waals surface area (Å²) >= 11 is 0. The summed E-state index contributed by atoms with van der Waals surface area (Å²) in [7, 11) is 0. The average molecular weight is 589 g/mol. The van der Waals surface area contributed by atoms with Crippen LogP contribution in [0.1, 0.15) is 174 Å². The lowest BCUT2D eigenvalue weighted by molar-refractivity contribution is -0.0112. The largest absolute Gasteiger partial charge is 0.381 e. The number of unbranched alkanes of at least 4 members (excludes halogenated alkanes) is 22. The summed E-state index contributed by atoms with van der Waals surface area (Å²) < 4.78 is 18.3.